The van der Waals surface area contributed by atoms with Crippen LogP contribution in [0.1, 0.15) is 0 Å². The van der Waals surface area contributed by atoms with Crippen LogP contribution in [0.25, 0.3) is 32.8 Å². The van der Waals surface area contributed by atoms with E-state index in [1.165, 1.54) is 0 Å². The first-order valence-corrected chi connectivity index (χ1v) is 6.03. The maximum absolute atomic E-state index is 12.5. The van der Waals surface area contributed by atoms with Crippen molar-refractivity contribution in [3.63, 3.8) is 0 Å². The Hall–Kier alpha value is -2.68. The van der Waals surface area contributed by atoms with E-state index < -0.39 is 0 Å². The Labute approximate surface area is 108 Å². The number of nitrogens with zero attached hydrogens (tertiary/aromatic N) is 1. The number of fused-ring (bicyclic) bond motifs is 4. The summed E-state index contributed by atoms with van der Waals surface area (Å²) in [4.78, 5) is 17.1. The molecule has 4 aromatic rings. The van der Waals surface area contributed by atoms with Gasteiger partial charge in [0.1, 0.15) is 5.58 Å². The first-order chi connectivity index (χ1) is 9.34. The molecule has 3 heteroatoms. The van der Waals surface area contributed by atoms with Gasteiger partial charge in [-0.15, -0.1) is 0 Å². The zero-order valence-corrected chi connectivity index (χ0v) is 9.96. The van der Waals surface area contributed by atoms with Crippen LogP contribution in [0.2, 0.25) is 0 Å². The van der Waals surface area contributed by atoms with Crippen molar-refractivity contribution in [3.8, 4) is 0 Å². The molecule has 0 atom stereocenters. The summed E-state index contributed by atoms with van der Waals surface area (Å²) in [6.45, 7) is 0. The van der Waals surface area contributed by atoms with E-state index in [0.29, 0.717) is 16.3 Å². The van der Waals surface area contributed by atoms with E-state index in [9.17, 15) is 4.79 Å². The smallest absolute Gasteiger partial charge is 0.197 e. The maximum atomic E-state index is 12.5. The van der Waals surface area contributed by atoms with Gasteiger partial charge < -0.3 is 4.42 Å². The van der Waals surface area contributed by atoms with Gasteiger partial charge in [0, 0.05) is 16.2 Å². The highest BCUT2D eigenvalue weighted by molar-refractivity contribution is 6.06. The van der Waals surface area contributed by atoms with Gasteiger partial charge in [-0.05, 0) is 36.4 Å². The van der Waals surface area contributed by atoms with Crippen LogP contribution in [0, 0.1) is 0 Å². The summed E-state index contributed by atoms with van der Waals surface area (Å²) < 4.78 is 5.43. The fourth-order valence-electron chi connectivity index (χ4n) is 2.43. The zero-order valence-electron chi connectivity index (χ0n) is 9.96. The van der Waals surface area contributed by atoms with E-state index in [2.05, 4.69) is 4.98 Å². The summed E-state index contributed by atoms with van der Waals surface area (Å²) in [5.74, 6) is 0. The third-order valence-corrected chi connectivity index (χ3v) is 3.34. The van der Waals surface area contributed by atoms with Crippen molar-refractivity contribution in [2.24, 2.45) is 0 Å². The third kappa shape index (κ3) is 1.38. The highest BCUT2D eigenvalue weighted by Gasteiger charge is 2.09. The first kappa shape index (κ1) is 10.3. The molecule has 0 fully saturated rings. The summed E-state index contributed by atoms with van der Waals surface area (Å²) in [6.07, 6.45) is 1.62. The summed E-state index contributed by atoms with van der Waals surface area (Å²) in [5, 5.41) is 2.15. The number of benzene rings is 2. The van der Waals surface area contributed by atoms with Gasteiger partial charge in [-0.25, -0.2) is 4.98 Å². The summed E-state index contributed by atoms with van der Waals surface area (Å²) in [5.41, 5.74) is 2.17. The summed E-state index contributed by atoms with van der Waals surface area (Å²) in [7, 11) is 0. The van der Waals surface area contributed by atoms with Crippen LogP contribution < -0.4 is 5.43 Å². The van der Waals surface area contributed by atoms with Gasteiger partial charge in [-0.2, -0.15) is 0 Å². The molecule has 0 unspecified atom stereocenters. The highest BCUT2D eigenvalue weighted by atomic mass is 16.3. The molecule has 2 heterocycles. The van der Waals surface area contributed by atoms with E-state index >= 15 is 0 Å². The molecule has 0 N–H and O–H groups in total. The summed E-state index contributed by atoms with van der Waals surface area (Å²) >= 11 is 0. The maximum Gasteiger partial charge on any atom is 0.197 e. The number of hydrogen-bond acceptors (Lipinski definition) is 3. The number of rotatable bonds is 0. The first-order valence-electron chi connectivity index (χ1n) is 6.03. The van der Waals surface area contributed by atoms with Crippen LogP contribution in [-0.2, 0) is 0 Å². The van der Waals surface area contributed by atoms with Gasteiger partial charge in [-0.3, -0.25) is 4.79 Å². The van der Waals surface area contributed by atoms with Crippen LogP contribution in [0.5, 0.6) is 0 Å². The lowest BCUT2D eigenvalue weighted by molar-refractivity contribution is 0.604. The minimum atomic E-state index is 0.0198. The standard InChI is InChI=1S/C16H9NO2/c18-16-10-4-1-2-6-13(10)17-15-11-5-3-9-19-14(11)8-7-12(15)16/h1-9H. The zero-order chi connectivity index (χ0) is 12.8. The van der Waals surface area contributed by atoms with E-state index in [1.54, 1.807) is 12.3 Å². The Morgan fingerprint density at radius 2 is 1.68 bits per heavy atom. The Morgan fingerprint density at radius 1 is 0.842 bits per heavy atom. The average molecular weight is 247 g/mol. The van der Waals surface area contributed by atoms with Gasteiger partial charge in [-0.1, -0.05) is 12.1 Å². The van der Waals surface area contributed by atoms with Crippen LogP contribution in [-0.4, -0.2) is 4.98 Å². The van der Waals surface area contributed by atoms with Crippen LogP contribution in [0.15, 0.2) is 64.0 Å². The molecule has 0 saturated heterocycles. The second kappa shape index (κ2) is 3.65. The van der Waals surface area contributed by atoms with Crippen molar-refractivity contribution in [3.05, 3.63) is 65.0 Å². The molecule has 0 amide bonds. The van der Waals surface area contributed by atoms with Gasteiger partial charge in [0.2, 0.25) is 0 Å². The molecule has 19 heavy (non-hydrogen) atoms. The number of hydrogen-bond donors (Lipinski definition) is 0. The number of aromatic nitrogens is 1. The Bertz CT molecular complexity index is 986. The normalized spacial score (nSPS) is 11.4. The minimum absolute atomic E-state index is 0.0198. The van der Waals surface area contributed by atoms with Gasteiger partial charge in [0.05, 0.1) is 17.3 Å². The van der Waals surface area contributed by atoms with Crippen molar-refractivity contribution in [1.82, 2.24) is 4.98 Å². The fourth-order valence-corrected chi connectivity index (χ4v) is 2.43. The van der Waals surface area contributed by atoms with E-state index in [-0.39, 0.29) is 5.43 Å². The van der Waals surface area contributed by atoms with E-state index in [0.717, 1.165) is 16.5 Å². The second-order valence-corrected chi connectivity index (χ2v) is 4.44. The SMILES string of the molecule is O=c1c2ccccc2nc2c1ccc1occcc12. The second-order valence-electron chi connectivity index (χ2n) is 4.44. The molecule has 3 nitrogen and oxygen atoms in total. The average Bonchev–Trinajstić information content (AvgIpc) is 2.47. The third-order valence-electron chi connectivity index (χ3n) is 3.34. The monoisotopic (exact) mass is 247 g/mol. The van der Waals surface area contributed by atoms with Crippen molar-refractivity contribution < 1.29 is 4.42 Å². The van der Waals surface area contributed by atoms with E-state index in [4.69, 9.17) is 4.42 Å². The minimum Gasteiger partial charge on any atom is -0.464 e. The Morgan fingerprint density at radius 3 is 2.63 bits per heavy atom. The molecular weight excluding hydrogens is 238 g/mol. The van der Waals surface area contributed by atoms with Gasteiger partial charge in [0.15, 0.2) is 5.43 Å². The molecule has 0 spiro atoms. The lowest BCUT2D eigenvalue weighted by Crippen LogP contribution is -2.04. The van der Waals surface area contributed by atoms with Crippen LogP contribution in [0.4, 0.5) is 0 Å². The van der Waals surface area contributed by atoms with Crippen molar-refractivity contribution in [2.75, 3.05) is 0 Å². The molecule has 2 aromatic heterocycles. The predicted octanol–water partition coefficient (Wildman–Crippen LogP) is 3.49. The molecule has 2 aromatic carbocycles. The molecule has 0 radical (unpaired) electrons. The lowest BCUT2D eigenvalue weighted by Gasteiger charge is -2.03. The molecule has 0 saturated carbocycles. The molecule has 0 aliphatic heterocycles. The molecule has 4 rings (SSSR count). The van der Waals surface area contributed by atoms with Crippen molar-refractivity contribution in [2.45, 2.75) is 0 Å². The van der Waals surface area contributed by atoms with Crippen LogP contribution in [0.3, 0.4) is 0 Å². The molecule has 90 valence electrons. The summed E-state index contributed by atoms with van der Waals surface area (Å²) in [6, 6.07) is 14.7. The molecular formula is C16H9NO2. The number of pyridine rings is 1. The van der Waals surface area contributed by atoms with Gasteiger partial charge >= 0.3 is 0 Å². The quantitative estimate of drug-likeness (QED) is 0.353. The molecule has 0 aliphatic carbocycles. The Balaban J connectivity index is 2.36. The van der Waals surface area contributed by atoms with E-state index in [1.807, 2.05) is 42.5 Å². The van der Waals surface area contributed by atoms with Crippen molar-refractivity contribution in [1.29, 1.82) is 0 Å². The van der Waals surface area contributed by atoms with Crippen molar-refractivity contribution >= 4 is 32.8 Å². The van der Waals surface area contributed by atoms with Crippen LogP contribution >= 0.6 is 0 Å². The number of para-hydroxylation sites is 1. The lowest BCUT2D eigenvalue weighted by atomic mass is 10.1. The largest absolute Gasteiger partial charge is 0.464 e. The molecule has 0 aliphatic rings. The Kier molecular flexibility index (Phi) is 1.97. The predicted molar refractivity (Wildman–Crippen MR) is 75.3 cm³/mol. The fraction of sp³-hybridized carbons (Fsp3) is 0. The van der Waals surface area contributed by atoms with Gasteiger partial charge in [0.25, 0.3) is 0 Å². The topological polar surface area (TPSA) is 43.1 Å². The molecule has 0 bridgehead atoms. The highest BCUT2D eigenvalue weighted by Crippen LogP contribution is 2.23.